The Morgan fingerprint density at radius 1 is 1.62 bits per heavy atom. The molecule has 42 valence electrons. The first-order valence-corrected chi connectivity index (χ1v) is 2.78. The first kappa shape index (κ1) is 5.50. The predicted octanol–water partition coefficient (Wildman–Crippen LogP) is 0.532. The lowest BCUT2D eigenvalue weighted by molar-refractivity contribution is 1.11. The van der Waals surface area contributed by atoms with Gasteiger partial charge in [0, 0.05) is 0 Å². The highest BCUT2D eigenvalue weighted by atomic mass is 79.9. The molecule has 0 bridgehead atoms. The van der Waals surface area contributed by atoms with Gasteiger partial charge in [-0.05, 0) is 15.9 Å². The van der Waals surface area contributed by atoms with Crippen LogP contribution in [0, 0.1) is 0 Å². The molecule has 1 heterocycles. The van der Waals surface area contributed by atoms with Gasteiger partial charge in [0.2, 0.25) is 0 Å². The van der Waals surface area contributed by atoms with Gasteiger partial charge in [0.25, 0.3) is 5.56 Å². The molecule has 0 radical (unpaired) electrons. The van der Waals surface area contributed by atoms with E-state index in [0.29, 0.717) is 4.60 Å². The summed E-state index contributed by atoms with van der Waals surface area (Å²) in [5.74, 6) is 0. The number of aromatic amines is 1. The lowest BCUT2D eigenvalue weighted by Gasteiger charge is -1.82. The molecule has 4 heteroatoms. The maximum Gasteiger partial charge on any atom is 0.267 e. The van der Waals surface area contributed by atoms with Crippen molar-refractivity contribution in [3.8, 4) is 0 Å². The van der Waals surface area contributed by atoms with Gasteiger partial charge in [-0.2, -0.15) is 0 Å². The Hall–Kier alpha value is -0.640. The summed E-state index contributed by atoms with van der Waals surface area (Å²) in [6, 6.07) is 0. The summed E-state index contributed by atoms with van der Waals surface area (Å²) < 4.78 is 0.602. The molecule has 0 aliphatic rings. The quantitative estimate of drug-likeness (QED) is 0.625. The molecular weight excluding hydrogens is 172 g/mol. The van der Waals surface area contributed by atoms with Crippen molar-refractivity contribution in [3.63, 3.8) is 0 Å². The maximum atomic E-state index is 10.3. The average Bonchev–Trinajstić information content (AvgIpc) is 1.64. The fourth-order valence-electron chi connectivity index (χ4n) is 0.353. The Morgan fingerprint density at radius 3 is 2.75 bits per heavy atom. The van der Waals surface area contributed by atoms with Gasteiger partial charge in [-0.3, -0.25) is 9.78 Å². The van der Waals surface area contributed by atoms with Crippen molar-refractivity contribution >= 4 is 15.9 Å². The Morgan fingerprint density at radius 2 is 2.38 bits per heavy atom. The number of nitrogens with zero attached hydrogens (tertiary/aromatic N) is 1. The molecule has 0 spiro atoms. The van der Waals surface area contributed by atoms with Gasteiger partial charge in [0.05, 0.1) is 12.4 Å². The number of H-pyrrole nitrogens is 1. The lowest BCUT2D eigenvalue weighted by Crippen LogP contribution is -2.03. The van der Waals surface area contributed by atoms with Gasteiger partial charge in [0.1, 0.15) is 4.60 Å². The summed E-state index contributed by atoms with van der Waals surface area (Å²) in [5.41, 5.74) is -0.195. The summed E-state index contributed by atoms with van der Waals surface area (Å²) in [7, 11) is 0. The maximum absolute atomic E-state index is 10.3. The summed E-state index contributed by atoms with van der Waals surface area (Å²) in [5, 5.41) is 0. The molecule has 0 saturated heterocycles. The van der Waals surface area contributed by atoms with Gasteiger partial charge in [-0.25, -0.2) is 0 Å². The molecule has 0 aliphatic carbocycles. The monoisotopic (exact) mass is 174 g/mol. The molecule has 0 saturated carbocycles. The topological polar surface area (TPSA) is 45.8 Å². The minimum absolute atomic E-state index is 0.195. The molecule has 1 aromatic rings. The van der Waals surface area contributed by atoms with Crippen LogP contribution in [0.2, 0.25) is 0 Å². The van der Waals surface area contributed by atoms with Gasteiger partial charge >= 0.3 is 0 Å². The number of rotatable bonds is 0. The van der Waals surface area contributed by atoms with Gasteiger partial charge in [0.15, 0.2) is 0 Å². The molecule has 0 fully saturated rings. The Bertz CT molecular complexity index is 231. The van der Waals surface area contributed by atoms with Crippen molar-refractivity contribution in [3.05, 3.63) is 27.4 Å². The SMILES string of the molecule is O=c1cncc(Br)[nH]1. The van der Waals surface area contributed by atoms with E-state index in [1.54, 1.807) is 0 Å². The highest BCUT2D eigenvalue weighted by Gasteiger charge is 1.82. The van der Waals surface area contributed by atoms with Crippen LogP contribution in [0.1, 0.15) is 0 Å². The molecule has 0 amide bonds. The van der Waals surface area contributed by atoms with E-state index in [2.05, 4.69) is 25.9 Å². The standard InChI is InChI=1S/C4H3BrN2O/c5-3-1-6-2-4(8)7-3/h1-2H,(H,7,8). The summed E-state index contributed by atoms with van der Waals surface area (Å²) in [6.45, 7) is 0. The van der Waals surface area contributed by atoms with Crippen LogP contribution in [-0.4, -0.2) is 9.97 Å². The zero-order chi connectivity index (χ0) is 5.98. The van der Waals surface area contributed by atoms with Crippen molar-refractivity contribution in [2.45, 2.75) is 0 Å². The minimum atomic E-state index is -0.195. The predicted molar refractivity (Wildman–Crippen MR) is 32.6 cm³/mol. The summed E-state index contributed by atoms with van der Waals surface area (Å²) in [6.07, 6.45) is 2.73. The van der Waals surface area contributed by atoms with Crippen LogP contribution in [0.15, 0.2) is 21.8 Å². The number of aromatic nitrogens is 2. The molecule has 1 aromatic heterocycles. The zero-order valence-electron chi connectivity index (χ0n) is 3.89. The van der Waals surface area contributed by atoms with Crippen molar-refractivity contribution in [1.29, 1.82) is 0 Å². The third-order valence-electron chi connectivity index (χ3n) is 0.622. The third kappa shape index (κ3) is 1.16. The van der Waals surface area contributed by atoms with E-state index in [1.165, 1.54) is 12.4 Å². The normalized spacial score (nSPS) is 9.12. The van der Waals surface area contributed by atoms with E-state index in [1.807, 2.05) is 0 Å². The molecule has 0 aliphatic heterocycles. The Kier molecular flexibility index (Phi) is 1.43. The van der Waals surface area contributed by atoms with Crippen molar-refractivity contribution in [2.24, 2.45) is 0 Å². The van der Waals surface area contributed by atoms with E-state index in [4.69, 9.17) is 0 Å². The van der Waals surface area contributed by atoms with E-state index in [-0.39, 0.29) is 5.56 Å². The number of hydrogen-bond donors (Lipinski definition) is 1. The Labute approximate surface area is 53.9 Å². The summed E-state index contributed by atoms with van der Waals surface area (Å²) in [4.78, 5) is 16.4. The molecule has 1 N–H and O–H groups in total. The number of hydrogen-bond acceptors (Lipinski definition) is 2. The van der Waals surface area contributed by atoms with Crippen LogP contribution in [0.5, 0.6) is 0 Å². The number of halogens is 1. The molecular formula is C4H3BrN2O. The average molecular weight is 175 g/mol. The van der Waals surface area contributed by atoms with E-state index < -0.39 is 0 Å². The fraction of sp³-hybridized carbons (Fsp3) is 0. The molecule has 0 unspecified atom stereocenters. The van der Waals surface area contributed by atoms with Gasteiger partial charge in [-0.15, -0.1) is 0 Å². The van der Waals surface area contributed by atoms with Crippen molar-refractivity contribution in [1.82, 2.24) is 9.97 Å². The van der Waals surface area contributed by atoms with Crippen LogP contribution < -0.4 is 5.56 Å². The van der Waals surface area contributed by atoms with Gasteiger partial charge < -0.3 is 4.98 Å². The molecule has 8 heavy (non-hydrogen) atoms. The molecule has 3 nitrogen and oxygen atoms in total. The van der Waals surface area contributed by atoms with E-state index >= 15 is 0 Å². The van der Waals surface area contributed by atoms with Crippen LogP contribution in [0.3, 0.4) is 0 Å². The fourth-order valence-corrected chi connectivity index (χ4v) is 0.666. The first-order valence-electron chi connectivity index (χ1n) is 1.99. The zero-order valence-corrected chi connectivity index (χ0v) is 5.47. The van der Waals surface area contributed by atoms with Crippen LogP contribution in [0.25, 0.3) is 0 Å². The van der Waals surface area contributed by atoms with Crippen LogP contribution in [-0.2, 0) is 0 Å². The van der Waals surface area contributed by atoms with Crippen molar-refractivity contribution in [2.75, 3.05) is 0 Å². The second-order valence-electron chi connectivity index (χ2n) is 1.24. The van der Waals surface area contributed by atoms with Crippen LogP contribution in [0.4, 0.5) is 0 Å². The molecule has 1 rings (SSSR count). The number of nitrogens with one attached hydrogen (secondary N) is 1. The summed E-state index contributed by atoms with van der Waals surface area (Å²) >= 11 is 3.04. The smallest absolute Gasteiger partial charge is 0.267 e. The highest BCUT2D eigenvalue weighted by molar-refractivity contribution is 9.10. The second-order valence-corrected chi connectivity index (χ2v) is 2.10. The first-order chi connectivity index (χ1) is 3.79. The Balaban J connectivity index is 3.28. The highest BCUT2D eigenvalue weighted by Crippen LogP contribution is 1.95. The minimum Gasteiger partial charge on any atom is -0.314 e. The van der Waals surface area contributed by atoms with Crippen LogP contribution >= 0.6 is 15.9 Å². The van der Waals surface area contributed by atoms with E-state index in [9.17, 15) is 4.79 Å². The third-order valence-corrected chi connectivity index (χ3v) is 1.03. The largest absolute Gasteiger partial charge is 0.314 e. The lowest BCUT2D eigenvalue weighted by atomic mass is 10.8. The van der Waals surface area contributed by atoms with Crippen molar-refractivity contribution < 1.29 is 0 Å². The molecule has 0 atom stereocenters. The molecule has 0 aromatic carbocycles. The van der Waals surface area contributed by atoms with E-state index in [0.717, 1.165) is 0 Å². The second kappa shape index (κ2) is 2.09. The van der Waals surface area contributed by atoms with Gasteiger partial charge in [-0.1, -0.05) is 0 Å².